The largest absolute Gasteiger partial charge is 0.462 e. The van der Waals surface area contributed by atoms with Crippen LogP contribution < -0.4 is 4.90 Å². The summed E-state index contributed by atoms with van der Waals surface area (Å²) < 4.78 is 11.0. The third kappa shape index (κ3) is 5.01. The van der Waals surface area contributed by atoms with Crippen molar-refractivity contribution in [2.75, 3.05) is 11.5 Å². The number of hydrogen-bond donors (Lipinski definition) is 0. The van der Waals surface area contributed by atoms with E-state index in [1.807, 2.05) is 72.8 Å². The first-order valence-electron chi connectivity index (χ1n) is 11.4. The van der Waals surface area contributed by atoms with Gasteiger partial charge in [0, 0.05) is 11.6 Å². The zero-order valence-electron chi connectivity index (χ0n) is 19.5. The first-order chi connectivity index (χ1) is 17.6. The molecule has 1 saturated heterocycles. The molecule has 7 heteroatoms. The van der Waals surface area contributed by atoms with E-state index in [2.05, 4.69) is 0 Å². The van der Waals surface area contributed by atoms with Crippen LogP contribution in [-0.4, -0.2) is 23.7 Å². The van der Waals surface area contributed by atoms with Crippen molar-refractivity contribution in [1.82, 2.24) is 0 Å². The number of anilines is 1. The van der Waals surface area contributed by atoms with E-state index in [9.17, 15) is 9.59 Å². The average molecular weight is 495 g/mol. The van der Waals surface area contributed by atoms with E-state index in [1.54, 1.807) is 42.2 Å². The van der Waals surface area contributed by atoms with Gasteiger partial charge in [-0.05, 0) is 67.2 Å². The van der Waals surface area contributed by atoms with Crippen molar-refractivity contribution in [3.05, 3.63) is 113 Å². The number of thioether (sulfide) groups is 1. The molecule has 0 N–H and O–H groups in total. The van der Waals surface area contributed by atoms with E-state index in [-0.39, 0.29) is 11.9 Å². The smallest absolute Gasteiger partial charge is 0.338 e. The van der Waals surface area contributed by atoms with Crippen LogP contribution in [0.1, 0.15) is 23.0 Å². The Balaban J connectivity index is 1.43. The summed E-state index contributed by atoms with van der Waals surface area (Å²) in [5.74, 6) is 0.648. The maximum absolute atomic E-state index is 13.4. The number of aliphatic imine (C=N–C) groups is 1. The van der Waals surface area contributed by atoms with Crippen LogP contribution in [-0.2, 0) is 9.53 Å². The number of furan rings is 1. The van der Waals surface area contributed by atoms with Crippen molar-refractivity contribution in [3.8, 4) is 11.3 Å². The Morgan fingerprint density at radius 3 is 2.33 bits per heavy atom. The van der Waals surface area contributed by atoms with Gasteiger partial charge in [-0.2, -0.15) is 0 Å². The monoisotopic (exact) mass is 494 g/mol. The van der Waals surface area contributed by atoms with Crippen LogP contribution in [0.3, 0.4) is 0 Å². The van der Waals surface area contributed by atoms with Gasteiger partial charge in [0.1, 0.15) is 11.5 Å². The molecule has 1 aliphatic heterocycles. The standard InChI is InChI=1S/C29H22N2O4S/c1-2-34-28(33)21-15-13-20(14-16-21)25-18-17-24(35-25)19-26-27(32)31(23-11-7-4-8-12-23)29(36-26)30-22-9-5-3-6-10-22/h3-19H,2H2,1H3/b26-19-,30-29?. The topological polar surface area (TPSA) is 72.1 Å². The Hall–Kier alpha value is -4.36. The summed E-state index contributed by atoms with van der Waals surface area (Å²) in [6, 6.07) is 29.7. The van der Waals surface area contributed by atoms with E-state index in [0.29, 0.717) is 33.8 Å². The predicted octanol–water partition coefficient (Wildman–Crippen LogP) is 6.93. The SMILES string of the molecule is CCOC(=O)c1ccc(-c2ccc(/C=C3\SC(=Nc4ccccc4)N(c4ccccc4)C3=O)o2)cc1. The molecule has 6 nitrogen and oxygen atoms in total. The molecule has 3 aromatic carbocycles. The zero-order valence-corrected chi connectivity index (χ0v) is 20.3. The van der Waals surface area contributed by atoms with E-state index in [0.717, 1.165) is 16.9 Å². The molecule has 0 unspecified atom stereocenters. The van der Waals surface area contributed by atoms with Gasteiger partial charge in [0.2, 0.25) is 0 Å². The van der Waals surface area contributed by atoms with Crippen LogP contribution in [0.4, 0.5) is 11.4 Å². The summed E-state index contributed by atoms with van der Waals surface area (Å²) in [5.41, 5.74) is 2.81. The van der Waals surface area contributed by atoms with Crippen LogP contribution in [0.25, 0.3) is 17.4 Å². The first-order valence-corrected chi connectivity index (χ1v) is 12.2. The summed E-state index contributed by atoms with van der Waals surface area (Å²) in [6.45, 7) is 2.10. The Labute approximate surface area is 212 Å². The Bertz CT molecular complexity index is 1440. The fraction of sp³-hybridized carbons (Fsp3) is 0.0690. The molecule has 4 aromatic rings. The van der Waals surface area contributed by atoms with Crippen molar-refractivity contribution >= 4 is 46.3 Å². The van der Waals surface area contributed by atoms with Gasteiger partial charge < -0.3 is 9.15 Å². The van der Waals surface area contributed by atoms with E-state index >= 15 is 0 Å². The molecule has 5 rings (SSSR count). The van der Waals surface area contributed by atoms with Gasteiger partial charge in [0.15, 0.2) is 5.17 Å². The van der Waals surface area contributed by atoms with E-state index in [1.165, 1.54) is 11.8 Å². The van der Waals surface area contributed by atoms with E-state index < -0.39 is 0 Å². The van der Waals surface area contributed by atoms with Gasteiger partial charge in [0.05, 0.1) is 28.5 Å². The highest BCUT2D eigenvalue weighted by Crippen LogP contribution is 2.37. The molecule has 0 bridgehead atoms. The molecule has 0 spiro atoms. The lowest BCUT2D eigenvalue weighted by Crippen LogP contribution is -2.28. The quantitative estimate of drug-likeness (QED) is 0.215. The molecule has 0 atom stereocenters. The molecule has 1 fully saturated rings. The van der Waals surface area contributed by atoms with Crippen LogP contribution >= 0.6 is 11.8 Å². The Morgan fingerprint density at radius 1 is 0.944 bits per heavy atom. The number of carbonyl (C=O) groups excluding carboxylic acids is 2. The van der Waals surface area contributed by atoms with Gasteiger partial charge in [-0.25, -0.2) is 9.79 Å². The summed E-state index contributed by atoms with van der Waals surface area (Å²) >= 11 is 1.30. The number of hydrogen-bond acceptors (Lipinski definition) is 6. The van der Waals surface area contributed by atoms with Crippen molar-refractivity contribution in [3.63, 3.8) is 0 Å². The minimum atomic E-state index is -0.360. The number of rotatable bonds is 6. The lowest BCUT2D eigenvalue weighted by Gasteiger charge is -2.15. The van der Waals surface area contributed by atoms with Crippen LogP contribution in [0.2, 0.25) is 0 Å². The number of benzene rings is 3. The molecule has 36 heavy (non-hydrogen) atoms. The Morgan fingerprint density at radius 2 is 1.64 bits per heavy atom. The lowest BCUT2D eigenvalue weighted by atomic mass is 10.1. The number of para-hydroxylation sites is 2. The molecule has 1 aliphatic rings. The molecule has 2 heterocycles. The van der Waals surface area contributed by atoms with Crippen molar-refractivity contribution in [1.29, 1.82) is 0 Å². The first kappa shape index (κ1) is 23.4. The van der Waals surface area contributed by atoms with Crippen LogP contribution in [0.15, 0.2) is 111 Å². The molecule has 1 aromatic heterocycles. The van der Waals surface area contributed by atoms with Gasteiger partial charge in [-0.3, -0.25) is 9.69 Å². The van der Waals surface area contributed by atoms with Gasteiger partial charge in [-0.15, -0.1) is 0 Å². The summed E-state index contributed by atoms with van der Waals surface area (Å²) in [7, 11) is 0. The second kappa shape index (κ2) is 10.5. The number of esters is 1. The molecule has 0 saturated carbocycles. The minimum absolute atomic E-state index is 0.169. The highest BCUT2D eigenvalue weighted by Gasteiger charge is 2.35. The predicted molar refractivity (Wildman–Crippen MR) is 143 cm³/mol. The molecule has 1 amide bonds. The Kier molecular flexibility index (Phi) is 6.82. The molecular formula is C29H22N2O4S. The fourth-order valence-electron chi connectivity index (χ4n) is 3.67. The number of nitrogens with zero attached hydrogens (tertiary/aromatic N) is 2. The van der Waals surface area contributed by atoms with Gasteiger partial charge in [0.25, 0.3) is 5.91 Å². The van der Waals surface area contributed by atoms with E-state index in [4.69, 9.17) is 14.1 Å². The van der Waals surface area contributed by atoms with Crippen molar-refractivity contribution in [2.24, 2.45) is 4.99 Å². The highest BCUT2D eigenvalue weighted by molar-refractivity contribution is 8.19. The lowest BCUT2D eigenvalue weighted by molar-refractivity contribution is -0.113. The number of carbonyl (C=O) groups is 2. The number of amides is 1. The summed E-state index contributed by atoms with van der Waals surface area (Å²) in [5, 5.41) is 0.574. The van der Waals surface area contributed by atoms with Crippen molar-refractivity contribution < 1.29 is 18.7 Å². The fourth-order valence-corrected chi connectivity index (χ4v) is 4.65. The zero-order chi connectivity index (χ0) is 24.9. The third-order valence-electron chi connectivity index (χ3n) is 5.38. The van der Waals surface area contributed by atoms with Crippen molar-refractivity contribution in [2.45, 2.75) is 6.92 Å². The maximum atomic E-state index is 13.4. The molecular weight excluding hydrogens is 472 g/mol. The van der Waals surface area contributed by atoms with Gasteiger partial charge >= 0.3 is 5.97 Å². The van der Waals surface area contributed by atoms with Crippen LogP contribution in [0.5, 0.6) is 0 Å². The summed E-state index contributed by atoms with van der Waals surface area (Å²) in [4.78, 5) is 32.1. The minimum Gasteiger partial charge on any atom is -0.462 e. The maximum Gasteiger partial charge on any atom is 0.338 e. The normalized spacial score (nSPS) is 15.6. The second-order valence-corrected chi connectivity index (χ2v) is 8.83. The average Bonchev–Trinajstić information content (AvgIpc) is 3.50. The second-order valence-electron chi connectivity index (χ2n) is 7.82. The number of amidine groups is 1. The number of ether oxygens (including phenoxy) is 1. The molecule has 178 valence electrons. The third-order valence-corrected chi connectivity index (χ3v) is 6.35. The molecule has 0 aliphatic carbocycles. The molecule has 0 radical (unpaired) electrons. The summed E-state index contributed by atoms with van der Waals surface area (Å²) in [6.07, 6.45) is 1.73. The highest BCUT2D eigenvalue weighted by atomic mass is 32.2. The van der Waals surface area contributed by atoms with Crippen LogP contribution in [0, 0.1) is 0 Å². The van der Waals surface area contributed by atoms with Gasteiger partial charge in [-0.1, -0.05) is 48.5 Å².